The monoisotopic (exact) mass is 863 g/mol. The maximum Gasteiger partial charge on any atom is 0.420 e. The number of ether oxygens (including phenoxy) is 4. The Morgan fingerprint density at radius 1 is 0.619 bits per heavy atom. The number of hydrogen-bond donors (Lipinski definition) is 7. The number of amides is 6. The van der Waals surface area contributed by atoms with Gasteiger partial charge in [-0.05, 0) is 131 Å². The first-order valence-electron chi connectivity index (χ1n) is 19.2. The van der Waals surface area contributed by atoms with Crippen molar-refractivity contribution in [1.82, 2.24) is 5.32 Å². The van der Waals surface area contributed by atoms with E-state index in [1.165, 1.54) is 26.4 Å². The molecule has 4 aromatic rings. The van der Waals surface area contributed by atoms with Gasteiger partial charge in [-0.2, -0.15) is 4.99 Å². The molecule has 19 nitrogen and oxygen atoms in total. The minimum absolute atomic E-state index is 0.171. The number of nitrogens with zero attached hydrogens (tertiary/aromatic N) is 2. The molecule has 4 aromatic carbocycles. The molecular weight excluding hydrogens is 815 g/mol. The smallest absolute Gasteiger partial charge is 0.420 e. The molecule has 0 aromatic heterocycles. The molecule has 0 aliphatic heterocycles. The molecule has 0 unspecified atom stereocenters. The fraction of sp³-hybridized carbons (Fsp3) is 0.273. The summed E-state index contributed by atoms with van der Waals surface area (Å²) in [4.78, 5) is 83.2. The Morgan fingerprint density at radius 3 is 1.67 bits per heavy atom. The maximum absolute atomic E-state index is 12.9. The Balaban J connectivity index is 1.43. The largest absolute Gasteiger partial charge is 0.453 e. The number of anilines is 5. The quantitative estimate of drug-likeness (QED) is 0.0403. The van der Waals surface area contributed by atoms with Gasteiger partial charge in [-0.25, -0.2) is 33.8 Å². The first-order chi connectivity index (χ1) is 29.7. The number of carbonyl (C=O) groups excluding carboxylic acids is 6. The lowest BCUT2D eigenvalue weighted by molar-refractivity contribution is 0.151. The third-order valence-electron chi connectivity index (χ3n) is 9.38. The van der Waals surface area contributed by atoms with E-state index in [4.69, 9.17) is 14.9 Å². The van der Waals surface area contributed by atoms with Crippen molar-refractivity contribution in [3.8, 4) is 0 Å². The first kappa shape index (κ1) is 47.6. The zero-order valence-corrected chi connectivity index (χ0v) is 36.2. The van der Waals surface area contributed by atoms with E-state index < -0.39 is 47.6 Å². The predicted octanol–water partition coefficient (Wildman–Crippen LogP) is 9.88. The Morgan fingerprint density at radius 2 is 1.13 bits per heavy atom. The van der Waals surface area contributed by atoms with Crippen LogP contribution in [0.15, 0.2) is 82.8 Å². The zero-order chi connectivity index (χ0) is 46.5. The topological polar surface area (TPSA) is 260 Å². The second-order valence-electron chi connectivity index (χ2n) is 14.9. The summed E-state index contributed by atoms with van der Waals surface area (Å²) >= 11 is 0. The molecule has 0 radical (unpaired) electrons. The van der Waals surface area contributed by atoms with Gasteiger partial charge in [0.05, 0.1) is 37.0 Å². The summed E-state index contributed by atoms with van der Waals surface area (Å²) < 4.78 is 19.2. The normalized spacial score (nSPS) is 10.7. The minimum Gasteiger partial charge on any atom is -0.453 e. The lowest BCUT2D eigenvalue weighted by atomic mass is 9.90. The second kappa shape index (κ2) is 21.0. The second-order valence-corrected chi connectivity index (χ2v) is 14.9. The summed E-state index contributed by atoms with van der Waals surface area (Å²) in [6.07, 6.45) is -4.29. The van der Waals surface area contributed by atoms with Crippen LogP contribution in [0.25, 0.3) is 0 Å². The van der Waals surface area contributed by atoms with Crippen molar-refractivity contribution in [2.24, 2.45) is 9.98 Å². The first-order valence-corrected chi connectivity index (χ1v) is 19.2. The zero-order valence-electron chi connectivity index (χ0n) is 36.2. The molecule has 0 fully saturated rings. The molecular formula is C44H49N9O10. The highest BCUT2D eigenvalue weighted by Gasteiger charge is 2.27. The van der Waals surface area contributed by atoms with Crippen molar-refractivity contribution >= 4 is 82.9 Å². The van der Waals surface area contributed by atoms with Crippen molar-refractivity contribution in [1.29, 1.82) is 5.41 Å². The molecule has 63 heavy (non-hydrogen) atoms. The SMILES string of the molecule is COC(=O)Nc1cc(NC(=O)OC(=O)Nc2cc(C(C)(C)N=C=Nc3ccc(C)c(C(C)(C)NC(=O)OC(=O)Nc4ccc(C)c(NC(=O)OC)c4)c3)ccc2CC=N)ccc1C. The van der Waals surface area contributed by atoms with Crippen LogP contribution in [0.5, 0.6) is 0 Å². The summed E-state index contributed by atoms with van der Waals surface area (Å²) in [6, 6.07) is 22.6. The number of aryl methyl sites for hydroxylation is 3. The summed E-state index contributed by atoms with van der Waals surface area (Å²) in [6.45, 7) is 12.4. The Kier molecular flexibility index (Phi) is 15.8. The molecule has 0 heterocycles. The fourth-order valence-corrected chi connectivity index (χ4v) is 5.92. The Labute approximate surface area is 363 Å². The van der Waals surface area contributed by atoms with E-state index in [0.29, 0.717) is 44.9 Å². The molecule has 19 heteroatoms. The fourth-order valence-electron chi connectivity index (χ4n) is 5.92. The number of rotatable bonds is 12. The molecule has 330 valence electrons. The van der Waals surface area contributed by atoms with Crippen molar-refractivity contribution in [3.05, 3.63) is 106 Å². The number of nitrogens with one attached hydrogen (secondary N) is 7. The van der Waals surface area contributed by atoms with Gasteiger partial charge < -0.3 is 29.7 Å². The van der Waals surface area contributed by atoms with Gasteiger partial charge >= 0.3 is 36.6 Å². The lowest BCUT2D eigenvalue weighted by Gasteiger charge is -2.28. The molecule has 4 rings (SSSR count). The highest BCUT2D eigenvalue weighted by molar-refractivity contribution is 5.99. The van der Waals surface area contributed by atoms with E-state index in [1.807, 2.05) is 6.92 Å². The summed E-state index contributed by atoms with van der Waals surface area (Å²) in [5, 5.41) is 22.9. The van der Waals surface area contributed by atoms with Crippen LogP contribution in [0, 0.1) is 26.2 Å². The van der Waals surface area contributed by atoms with E-state index in [9.17, 15) is 28.8 Å². The van der Waals surface area contributed by atoms with E-state index >= 15 is 0 Å². The van der Waals surface area contributed by atoms with Crippen molar-refractivity contribution < 1.29 is 47.7 Å². The van der Waals surface area contributed by atoms with Gasteiger partial charge in [-0.3, -0.25) is 26.6 Å². The molecule has 0 saturated heterocycles. The van der Waals surface area contributed by atoms with Crippen LogP contribution in [-0.4, -0.2) is 63.0 Å². The van der Waals surface area contributed by atoms with Crippen LogP contribution in [-0.2, 0) is 36.4 Å². The van der Waals surface area contributed by atoms with Gasteiger partial charge in [0.1, 0.15) is 0 Å². The molecule has 0 saturated carbocycles. The minimum atomic E-state index is -1.09. The average molecular weight is 864 g/mol. The van der Waals surface area contributed by atoms with Gasteiger partial charge in [0.25, 0.3) is 0 Å². The highest BCUT2D eigenvalue weighted by atomic mass is 16.6. The van der Waals surface area contributed by atoms with Crippen LogP contribution in [0.1, 0.15) is 61.1 Å². The van der Waals surface area contributed by atoms with Crippen molar-refractivity contribution in [3.63, 3.8) is 0 Å². The molecule has 0 atom stereocenters. The van der Waals surface area contributed by atoms with Gasteiger partial charge in [0.15, 0.2) is 0 Å². The molecule has 0 bridgehead atoms. The van der Waals surface area contributed by atoms with E-state index in [1.54, 1.807) is 102 Å². The van der Waals surface area contributed by atoms with Crippen LogP contribution in [0.2, 0.25) is 0 Å². The third kappa shape index (κ3) is 13.7. The van der Waals surface area contributed by atoms with Crippen LogP contribution in [0.3, 0.4) is 0 Å². The standard InChI is InChI=1S/C44H49N9O10/c1-25-10-15-30(21-33(25)44(6,7)53-42(59)63-40(57)49-32-17-12-27(3)35(23-32)51-38(55)61-9)46-24-47-43(4,5)29-14-13-28(18-19-45)36(20-29)52-41(58)62-39(56)48-31-16-11-26(2)34(22-31)50-37(54)60-8/h10-17,19-23,45H,18H2,1-9H3,(H,48,56)(H,49,57)(H,50,54)(H,51,55)(H,52,58)(H,53,59). The third-order valence-corrected chi connectivity index (χ3v) is 9.38. The molecule has 6 amide bonds. The van der Waals surface area contributed by atoms with E-state index in [2.05, 4.69) is 57.4 Å². The molecule has 0 aliphatic carbocycles. The predicted molar refractivity (Wildman–Crippen MR) is 238 cm³/mol. The summed E-state index contributed by atoms with van der Waals surface area (Å²) in [7, 11) is 2.44. The van der Waals surface area contributed by atoms with Crippen LogP contribution in [0.4, 0.5) is 62.9 Å². The average Bonchev–Trinajstić information content (AvgIpc) is 3.21. The highest BCUT2D eigenvalue weighted by Crippen LogP contribution is 2.31. The number of hydrogen-bond acceptors (Lipinski definition) is 13. The summed E-state index contributed by atoms with van der Waals surface area (Å²) in [5.74, 6) is 0. The van der Waals surface area contributed by atoms with E-state index in [0.717, 1.165) is 11.8 Å². The Hall–Kier alpha value is -8.05. The lowest BCUT2D eigenvalue weighted by Crippen LogP contribution is -2.43. The molecule has 7 N–H and O–H groups in total. The number of aliphatic imine (C=N–C) groups is 2. The summed E-state index contributed by atoms with van der Waals surface area (Å²) in [5.41, 5.74) is 4.12. The van der Waals surface area contributed by atoms with Crippen LogP contribution >= 0.6 is 0 Å². The van der Waals surface area contributed by atoms with Crippen LogP contribution < -0.4 is 31.9 Å². The van der Waals surface area contributed by atoms with Crippen molar-refractivity contribution in [2.75, 3.05) is 40.8 Å². The number of benzene rings is 4. The van der Waals surface area contributed by atoms with Gasteiger partial charge in [-0.1, -0.05) is 30.3 Å². The van der Waals surface area contributed by atoms with Crippen molar-refractivity contribution in [2.45, 2.75) is 66.0 Å². The van der Waals surface area contributed by atoms with Gasteiger partial charge in [0.2, 0.25) is 0 Å². The molecule has 0 spiro atoms. The van der Waals surface area contributed by atoms with Gasteiger partial charge in [0, 0.05) is 34.9 Å². The maximum atomic E-state index is 12.9. The number of alkyl carbamates (subject to hydrolysis) is 1. The number of methoxy groups -OCH3 is 2. The number of carbonyl (C=O) groups is 6. The van der Waals surface area contributed by atoms with E-state index in [-0.39, 0.29) is 23.5 Å². The molecule has 0 aliphatic rings. The van der Waals surface area contributed by atoms with Gasteiger partial charge in [-0.15, -0.1) is 0 Å². The Bertz CT molecular complexity index is 2490.